The van der Waals surface area contributed by atoms with Crippen LogP contribution in [0.3, 0.4) is 0 Å². The highest BCUT2D eigenvalue weighted by molar-refractivity contribution is 7.16. The average molecular weight is 483 g/mol. The molecule has 1 aliphatic rings. The largest absolute Gasteiger partial charge is 0.497 e. The number of pyridine rings is 1. The molecule has 0 spiro atoms. The number of hydrogen-bond acceptors (Lipinski definition) is 7. The Morgan fingerprint density at radius 1 is 1.35 bits per heavy atom. The van der Waals surface area contributed by atoms with Crippen molar-refractivity contribution in [2.75, 3.05) is 19.0 Å². The van der Waals surface area contributed by atoms with Gasteiger partial charge in [-0.1, -0.05) is 25.3 Å². The molecule has 0 saturated heterocycles. The molecule has 180 valence electrons. The molecule has 3 heterocycles. The first kappa shape index (κ1) is 25.2. The molecule has 0 bridgehead atoms. The maximum absolute atomic E-state index is 12.6. The second-order valence-corrected chi connectivity index (χ2v) is 8.79. The molecule has 2 amide bonds. The van der Waals surface area contributed by atoms with Crippen LogP contribution >= 0.6 is 11.3 Å². The summed E-state index contributed by atoms with van der Waals surface area (Å²) in [7, 11) is 1.56. The number of allylic oxidation sites excluding steroid dienone is 3. The van der Waals surface area contributed by atoms with Crippen molar-refractivity contribution in [3.63, 3.8) is 0 Å². The van der Waals surface area contributed by atoms with Gasteiger partial charge in [0.2, 0.25) is 5.91 Å². The molecule has 9 heteroatoms. The van der Waals surface area contributed by atoms with Gasteiger partial charge in [-0.2, -0.15) is 0 Å². The summed E-state index contributed by atoms with van der Waals surface area (Å²) in [5.74, 6) is 0.474. The van der Waals surface area contributed by atoms with Crippen molar-refractivity contribution >= 4 is 28.3 Å². The first-order valence-electron chi connectivity index (χ1n) is 11.0. The number of methoxy groups -OCH3 is 1. The zero-order valence-electron chi connectivity index (χ0n) is 19.3. The zero-order chi connectivity index (χ0) is 24.5. The number of ether oxygens (including phenoxy) is 2. The molecule has 8 nitrogen and oxygen atoms in total. The summed E-state index contributed by atoms with van der Waals surface area (Å²) >= 11 is 1.46. The Morgan fingerprint density at radius 3 is 2.85 bits per heavy atom. The quantitative estimate of drug-likeness (QED) is 0.387. The highest BCUT2D eigenvalue weighted by Crippen LogP contribution is 2.37. The van der Waals surface area contributed by atoms with Crippen LogP contribution in [0.1, 0.15) is 34.5 Å². The smallest absolute Gasteiger partial charge is 0.410 e. The molecule has 2 aromatic rings. The van der Waals surface area contributed by atoms with Gasteiger partial charge < -0.3 is 25.4 Å². The Kier molecular flexibility index (Phi) is 9.00. The summed E-state index contributed by atoms with van der Waals surface area (Å²) in [6, 6.07) is 5.47. The first-order chi connectivity index (χ1) is 16.5. The van der Waals surface area contributed by atoms with Gasteiger partial charge in [0.1, 0.15) is 12.4 Å². The third-order valence-electron chi connectivity index (χ3n) is 5.44. The molecule has 2 aromatic heterocycles. The number of anilines is 1. The van der Waals surface area contributed by atoms with E-state index in [1.807, 2.05) is 18.2 Å². The predicted molar refractivity (Wildman–Crippen MR) is 133 cm³/mol. The Bertz CT molecular complexity index is 1080. The van der Waals surface area contributed by atoms with E-state index in [1.165, 1.54) is 11.3 Å². The summed E-state index contributed by atoms with van der Waals surface area (Å²) < 4.78 is 10.7. The lowest BCUT2D eigenvalue weighted by Crippen LogP contribution is -2.36. The lowest BCUT2D eigenvalue weighted by molar-refractivity contribution is -0.116. The van der Waals surface area contributed by atoms with Gasteiger partial charge in [-0.25, -0.2) is 4.79 Å². The highest BCUT2D eigenvalue weighted by atomic mass is 32.1. The van der Waals surface area contributed by atoms with Crippen molar-refractivity contribution in [3.8, 4) is 0 Å². The van der Waals surface area contributed by atoms with Gasteiger partial charge in [0.05, 0.1) is 24.3 Å². The molecule has 0 aliphatic carbocycles. The maximum Gasteiger partial charge on any atom is 0.410 e. The minimum Gasteiger partial charge on any atom is -0.497 e. The lowest BCUT2D eigenvalue weighted by atomic mass is 10.0. The molecule has 0 aromatic carbocycles. The topological polar surface area (TPSA) is 107 Å². The number of amides is 2. The first-order valence-corrected chi connectivity index (χ1v) is 11.8. The number of nitrogens with two attached hydrogens (primary N) is 1. The zero-order valence-corrected chi connectivity index (χ0v) is 20.2. The molecule has 0 radical (unpaired) electrons. The van der Waals surface area contributed by atoms with E-state index in [9.17, 15) is 9.59 Å². The molecular weight excluding hydrogens is 452 g/mol. The van der Waals surface area contributed by atoms with E-state index < -0.39 is 0 Å². The van der Waals surface area contributed by atoms with Gasteiger partial charge in [0.25, 0.3) is 0 Å². The van der Waals surface area contributed by atoms with E-state index in [0.29, 0.717) is 43.9 Å². The summed E-state index contributed by atoms with van der Waals surface area (Å²) in [4.78, 5) is 32.0. The fraction of sp³-hybridized carbons (Fsp3) is 0.320. The van der Waals surface area contributed by atoms with E-state index in [2.05, 4.69) is 23.5 Å². The third kappa shape index (κ3) is 6.33. The minimum atomic E-state index is -0.385. The highest BCUT2D eigenvalue weighted by Gasteiger charge is 2.27. The van der Waals surface area contributed by atoms with Crippen LogP contribution in [-0.2, 0) is 40.4 Å². The summed E-state index contributed by atoms with van der Waals surface area (Å²) in [6.07, 6.45) is 5.99. The van der Waals surface area contributed by atoms with Crippen LogP contribution in [0, 0.1) is 0 Å². The van der Waals surface area contributed by atoms with Gasteiger partial charge in [-0.05, 0) is 42.2 Å². The SMILES string of the molecule is C=C/C=C(/OC)C(=C)CCC(=O)Nc1sc2c(c1CN)CCN(C(=O)OCc1ccccn1)C2. The maximum atomic E-state index is 12.6. The second-order valence-electron chi connectivity index (χ2n) is 7.69. The van der Waals surface area contributed by atoms with Crippen molar-refractivity contribution in [1.29, 1.82) is 0 Å². The van der Waals surface area contributed by atoms with Gasteiger partial charge >= 0.3 is 6.09 Å². The number of carbonyl (C=O) groups is 2. The lowest BCUT2D eigenvalue weighted by Gasteiger charge is -2.26. The van der Waals surface area contributed by atoms with E-state index >= 15 is 0 Å². The monoisotopic (exact) mass is 482 g/mol. The van der Waals surface area contributed by atoms with E-state index in [4.69, 9.17) is 15.2 Å². The van der Waals surface area contributed by atoms with E-state index in [0.717, 1.165) is 26.6 Å². The number of thiophene rings is 1. The summed E-state index contributed by atoms with van der Waals surface area (Å²) in [5.41, 5.74) is 9.47. The number of aromatic nitrogens is 1. The Morgan fingerprint density at radius 2 is 2.18 bits per heavy atom. The molecule has 0 fully saturated rings. The van der Waals surface area contributed by atoms with Crippen LogP contribution in [0.25, 0.3) is 0 Å². The van der Waals surface area contributed by atoms with Crippen molar-refractivity contribution < 1.29 is 19.1 Å². The van der Waals surface area contributed by atoms with Crippen molar-refractivity contribution in [1.82, 2.24) is 9.88 Å². The second kappa shape index (κ2) is 12.2. The van der Waals surface area contributed by atoms with Crippen LogP contribution in [0.2, 0.25) is 0 Å². The standard InChI is InChI=1S/C25H30N4O4S/c1-4-7-21(32-3)17(2)9-10-23(30)28-24-20(14-26)19-11-13-29(15-22(19)34-24)25(31)33-16-18-8-5-6-12-27-18/h4-8,12H,1-2,9-11,13-16,26H2,3H3,(H,28,30)/b21-7+. The molecule has 1 aliphatic heterocycles. The van der Waals surface area contributed by atoms with Crippen LogP contribution in [0.15, 0.2) is 61.0 Å². The Hall–Kier alpha value is -3.43. The number of nitrogens with zero attached hydrogens (tertiary/aromatic N) is 2. The number of rotatable bonds is 10. The number of carbonyl (C=O) groups excluding carboxylic acids is 2. The predicted octanol–water partition coefficient (Wildman–Crippen LogP) is 4.29. The van der Waals surface area contributed by atoms with Gasteiger partial charge in [-0.3, -0.25) is 9.78 Å². The fourth-order valence-electron chi connectivity index (χ4n) is 3.67. The number of nitrogens with one attached hydrogen (secondary N) is 1. The van der Waals surface area contributed by atoms with E-state index in [-0.39, 0.29) is 25.0 Å². The number of fused-ring (bicyclic) bond motifs is 1. The molecule has 3 N–H and O–H groups in total. The third-order valence-corrected chi connectivity index (χ3v) is 6.62. The van der Waals surface area contributed by atoms with Crippen LogP contribution in [-0.4, -0.2) is 35.5 Å². The summed E-state index contributed by atoms with van der Waals surface area (Å²) in [6.45, 7) is 9.02. The Balaban J connectivity index is 1.59. The van der Waals surface area contributed by atoms with Crippen LogP contribution < -0.4 is 11.1 Å². The molecule has 0 unspecified atom stereocenters. The summed E-state index contributed by atoms with van der Waals surface area (Å²) in [5, 5.41) is 3.73. The average Bonchev–Trinajstić information content (AvgIpc) is 3.20. The fourth-order valence-corrected chi connectivity index (χ4v) is 4.98. The normalized spacial score (nSPS) is 13.1. The molecule has 34 heavy (non-hydrogen) atoms. The number of hydrogen-bond donors (Lipinski definition) is 2. The van der Waals surface area contributed by atoms with E-state index in [1.54, 1.807) is 30.4 Å². The Labute approximate surface area is 203 Å². The molecule has 0 atom stereocenters. The molecular formula is C25H30N4O4S. The van der Waals surface area contributed by atoms with Gasteiger partial charge in [0.15, 0.2) is 0 Å². The van der Waals surface area contributed by atoms with Crippen LogP contribution in [0.5, 0.6) is 0 Å². The van der Waals surface area contributed by atoms with Gasteiger partial charge in [-0.15, -0.1) is 11.3 Å². The molecule has 3 rings (SSSR count). The van der Waals surface area contributed by atoms with Crippen molar-refractivity contribution in [3.05, 3.63) is 82.7 Å². The van der Waals surface area contributed by atoms with Crippen molar-refractivity contribution in [2.24, 2.45) is 5.73 Å². The minimum absolute atomic E-state index is 0.126. The van der Waals surface area contributed by atoms with Crippen molar-refractivity contribution in [2.45, 2.75) is 39.0 Å². The van der Waals surface area contributed by atoms with Gasteiger partial charge in [0, 0.05) is 36.1 Å². The van der Waals surface area contributed by atoms with Crippen LogP contribution in [0.4, 0.5) is 9.80 Å². The molecule has 0 saturated carbocycles.